The summed E-state index contributed by atoms with van der Waals surface area (Å²) in [4.78, 5) is 77.8. The van der Waals surface area contributed by atoms with Crippen LogP contribution in [0.5, 0.6) is 5.75 Å². The molecule has 372 valence electrons. The van der Waals surface area contributed by atoms with Gasteiger partial charge in [-0.1, -0.05) is 55.5 Å². The Morgan fingerprint density at radius 2 is 1.75 bits per heavy atom. The molecule has 3 saturated heterocycles. The van der Waals surface area contributed by atoms with Crippen LogP contribution in [0, 0.1) is 41.3 Å². The quantitative estimate of drug-likeness (QED) is 0.137. The van der Waals surface area contributed by atoms with Gasteiger partial charge in [0.25, 0.3) is 11.8 Å². The summed E-state index contributed by atoms with van der Waals surface area (Å²) in [5.74, 6) is 5.06. The summed E-state index contributed by atoms with van der Waals surface area (Å²) in [6.45, 7) is 10.7. The van der Waals surface area contributed by atoms with E-state index in [2.05, 4.69) is 47.7 Å². The molecule has 2 aliphatic carbocycles. The van der Waals surface area contributed by atoms with Crippen molar-refractivity contribution in [3.63, 3.8) is 0 Å². The second-order valence-electron chi connectivity index (χ2n) is 22.7. The second-order valence-corrected chi connectivity index (χ2v) is 23.1. The molecule has 0 bridgehead atoms. The van der Waals surface area contributed by atoms with Crippen LogP contribution in [-0.4, -0.2) is 94.2 Å². The standard InChI is InChI=1S/C57H59ClFN7O6/c1-32-25-42-40(28-60-32)57(31-61-42)47(38-9-6-10-41(58)48(38)59)49(63-56(57)19-17-54(3,4)18-20-56)53(71)65-29-33(2)72-45-26-35(12-14-43(45)65)51(69)64-23-21-55(22-24-64)27-36(55)13-11-34-7-5-8-37-39(34)30-66(52(37)70)44-15-16-46(67)62-50(44)68/h5-10,12,14,25-26,28,33,36,44,47,49,61,63H,15-24,27,29-31H2,1-4H3,(H,62,67,68)/t33-,36-,44+,47+,49-,57-/m1/s1. The lowest BCUT2D eigenvalue weighted by Crippen LogP contribution is -2.60. The summed E-state index contributed by atoms with van der Waals surface area (Å²) >= 11 is 6.59. The lowest BCUT2D eigenvalue weighted by atomic mass is 9.54. The van der Waals surface area contributed by atoms with Gasteiger partial charge in [0.05, 0.1) is 23.3 Å². The average Bonchev–Trinajstić information content (AvgIpc) is 3.57. The number of nitrogens with one attached hydrogen (secondary N) is 3. The zero-order valence-electron chi connectivity index (χ0n) is 41.1. The molecule has 3 N–H and O–H groups in total. The van der Waals surface area contributed by atoms with Gasteiger partial charge in [-0.15, -0.1) is 0 Å². The molecule has 12 rings (SSSR count). The maximum Gasteiger partial charge on any atom is 0.255 e. The molecular formula is C57H59ClFN7O6. The summed E-state index contributed by atoms with van der Waals surface area (Å²) in [5, 5.41) is 10.1. The van der Waals surface area contributed by atoms with Crippen LogP contribution in [0.15, 0.2) is 66.9 Å². The smallest absolute Gasteiger partial charge is 0.255 e. The molecule has 72 heavy (non-hydrogen) atoms. The number of anilines is 2. The van der Waals surface area contributed by atoms with E-state index >= 15 is 9.18 Å². The topological polar surface area (TPSA) is 153 Å². The van der Waals surface area contributed by atoms with Crippen molar-refractivity contribution >= 4 is 52.5 Å². The molecule has 0 unspecified atom stereocenters. The fourth-order valence-electron chi connectivity index (χ4n) is 13.8. The number of piperidine rings is 2. The van der Waals surface area contributed by atoms with E-state index < -0.39 is 46.8 Å². The zero-order valence-corrected chi connectivity index (χ0v) is 41.9. The van der Waals surface area contributed by atoms with Gasteiger partial charge in [-0.2, -0.15) is 0 Å². The number of aryl methyl sites for hydroxylation is 1. The molecule has 15 heteroatoms. The Bertz CT molecular complexity index is 3080. The number of hydrogen-bond acceptors (Lipinski definition) is 9. The molecule has 8 aliphatic rings. The molecule has 2 saturated carbocycles. The van der Waals surface area contributed by atoms with Gasteiger partial charge in [0.2, 0.25) is 17.7 Å². The van der Waals surface area contributed by atoms with Crippen molar-refractivity contribution < 1.29 is 33.1 Å². The van der Waals surface area contributed by atoms with E-state index in [-0.39, 0.29) is 64.9 Å². The third-order valence-electron chi connectivity index (χ3n) is 18.0. The predicted molar refractivity (Wildman–Crippen MR) is 269 cm³/mol. The number of carbonyl (C=O) groups excluding carboxylic acids is 5. The van der Waals surface area contributed by atoms with E-state index in [1.807, 2.05) is 43.1 Å². The molecule has 4 aromatic rings. The van der Waals surface area contributed by atoms with Gasteiger partial charge in [0.1, 0.15) is 23.7 Å². The van der Waals surface area contributed by atoms with Gasteiger partial charge in [-0.25, -0.2) is 4.39 Å². The van der Waals surface area contributed by atoms with Gasteiger partial charge in [-0.3, -0.25) is 39.6 Å². The highest BCUT2D eigenvalue weighted by Gasteiger charge is 2.69. The summed E-state index contributed by atoms with van der Waals surface area (Å²) in [6.07, 6.45) is 8.04. The van der Waals surface area contributed by atoms with Gasteiger partial charge >= 0.3 is 0 Å². The van der Waals surface area contributed by atoms with Crippen molar-refractivity contribution in [3.8, 4) is 17.6 Å². The molecule has 0 radical (unpaired) electrons. The maximum absolute atomic E-state index is 16.7. The van der Waals surface area contributed by atoms with Gasteiger partial charge in [0, 0.05) is 95.2 Å². The number of likely N-dealkylation sites (tertiary alicyclic amines) is 1. The first kappa shape index (κ1) is 46.8. The van der Waals surface area contributed by atoms with Crippen LogP contribution in [0.1, 0.15) is 133 Å². The summed E-state index contributed by atoms with van der Waals surface area (Å²) in [5.41, 5.74) is 5.21. The minimum atomic E-state index is -0.836. The Labute approximate surface area is 424 Å². The van der Waals surface area contributed by atoms with Crippen molar-refractivity contribution in [2.45, 2.75) is 127 Å². The SMILES string of the molecule is Cc1cc2c(cn1)[C@]1(CN2)[C@@H](c2cccc(Cl)c2F)[C@H](C(=O)N2C[C@@H](C)Oc3cc(C(=O)N4CCC5(CC4)C[C@H]5C#Cc4cccc5c4CN([C@H]4CCC(=O)NC4=O)C5=O)ccc32)NC12CCC(C)(C)CC2. The summed E-state index contributed by atoms with van der Waals surface area (Å²) < 4.78 is 23.2. The molecule has 13 nitrogen and oxygen atoms in total. The second kappa shape index (κ2) is 16.9. The Morgan fingerprint density at radius 3 is 2.53 bits per heavy atom. The monoisotopic (exact) mass is 991 g/mol. The highest BCUT2D eigenvalue weighted by molar-refractivity contribution is 6.30. The van der Waals surface area contributed by atoms with Crippen LogP contribution in [0.25, 0.3) is 0 Å². The normalized spacial score (nSPS) is 28.2. The van der Waals surface area contributed by atoms with Crippen molar-refractivity contribution in [1.82, 2.24) is 25.4 Å². The third kappa shape index (κ3) is 7.34. The van der Waals surface area contributed by atoms with E-state index in [0.29, 0.717) is 54.2 Å². The van der Waals surface area contributed by atoms with Crippen molar-refractivity contribution in [2.24, 2.45) is 16.7 Å². The van der Waals surface area contributed by atoms with Crippen LogP contribution in [0.3, 0.4) is 0 Å². The van der Waals surface area contributed by atoms with Gasteiger partial charge < -0.3 is 24.8 Å². The maximum atomic E-state index is 16.7. The number of ether oxygens (including phenoxy) is 1. The fourth-order valence-corrected chi connectivity index (χ4v) is 14.0. The van der Waals surface area contributed by atoms with Crippen LogP contribution in [-0.2, 0) is 26.3 Å². The number of nitrogens with zero attached hydrogens (tertiary/aromatic N) is 4. The first-order valence-electron chi connectivity index (χ1n) is 25.6. The Balaban J connectivity index is 0.776. The van der Waals surface area contributed by atoms with E-state index in [0.717, 1.165) is 73.0 Å². The van der Waals surface area contributed by atoms with Crippen molar-refractivity contribution in [3.05, 3.63) is 117 Å². The van der Waals surface area contributed by atoms with E-state index in [4.69, 9.17) is 21.3 Å². The zero-order chi connectivity index (χ0) is 50.1. The number of aromatic nitrogens is 1. The molecule has 3 aromatic carbocycles. The summed E-state index contributed by atoms with van der Waals surface area (Å²) in [6, 6.07) is 16.5. The number of hydrogen-bond donors (Lipinski definition) is 3. The molecule has 6 atom stereocenters. The molecule has 3 spiro atoms. The number of benzene rings is 3. The van der Waals surface area contributed by atoms with Crippen LogP contribution < -0.4 is 25.6 Å². The van der Waals surface area contributed by atoms with E-state index in [1.54, 1.807) is 46.2 Å². The minimum Gasteiger partial charge on any atom is -0.487 e. The molecule has 7 heterocycles. The van der Waals surface area contributed by atoms with Crippen molar-refractivity contribution in [1.29, 1.82) is 0 Å². The first-order valence-corrected chi connectivity index (χ1v) is 26.0. The average molecular weight is 993 g/mol. The Hall–Kier alpha value is -6.30. The number of amides is 5. The number of imide groups is 1. The fraction of sp³-hybridized carbons (Fsp3) is 0.474. The number of carbonyl (C=O) groups is 5. The van der Waals surface area contributed by atoms with Crippen molar-refractivity contribution in [2.75, 3.05) is 36.4 Å². The molecule has 5 fully saturated rings. The highest BCUT2D eigenvalue weighted by Crippen LogP contribution is 2.64. The molecule has 6 aliphatic heterocycles. The summed E-state index contributed by atoms with van der Waals surface area (Å²) in [7, 11) is 0. The van der Waals surface area contributed by atoms with Gasteiger partial charge in [-0.05, 0) is 130 Å². The molecule has 1 aromatic heterocycles. The lowest BCUT2D eigenvalue weighted by Gasteiger charge is -2.51. The number of fused-ring (bicyclic) bond motifs is 5. The Kier molecular flexibility index (Phi) is 11.0. The predicted octanol–water partition coefficient (Wildman–Crippen LogP) is 7.81. The van der Waals surface area contributed by atoms with Crippen LogP contribution in [0.4, 0.5) is 15.8 Å². The first-order chi connectivity index (χ1) is 34.5. The molecule has 5 amide bonds. The largest absolute Gasteiger partial charge is 0.487 e. The van der Waals surface area contributed by atoms with E-state index in [1.165, 1.54) is 0 Å². The molecular weight excluding hydrogens is 933 g/mol. The van der Waals surface area contributed by atoms with Gasteiger partial charge in [0.15, 0.2) is 0 Å². The number of rotatable bonds is 4. The van der Waals surface area contributed by atoms with Crippen LogP contribution in [0.2, 0.25) is 5.02 Å². The number of halogens is 2. The van der Waals surface area contributed by atoms with Crippen LogP contribution >= 0.6 is 11.6 Å². The number of pyridine rings is 1. The Morgan fingerprint density at radius 1 is 0.972 bits per heavy atom. The minimum absolute atomic E-state index is 0.0121. The third-order valence-corrected chi connectivity index (χ3v) is 18.3. The highest BCUT2D eigenvalue weighted by atomic mass is 35.5. The lowest BCUT2D eigenvalue weighted by molar-refractivity contribution is -0.137. The van der Waals surface area contributed by atoms with E-state index in [9.17, 15) is 19.2 Å².